The SMILES string of the molecule is O=C1CCC2CN(Cc3ccc(O)c(Br)c3)CCN12. The fraction of sp³-hybridized carbons (Fsp3) is 0.500. The van der Waals surface area contributed by atoms with Gasteiger partial charge >= 0.3 is 0 Å². The number of piperazine rings is 1. The second-order valence-electron chi connectivity index (χ2n) is 5.30. The molecule has 2 saturated heterocycles. The Morgan fingerprint density at radius 3 is 3.00 bits per heavy atom. The number of nitrogens with zero attached hydrogens (tertiary/aromatic N) is 2. The highest BCUT2D eigenvalue weighted by molar-refractivity contribution is 9.10. The monoisotopic (exact) mass is 324 g/mol. The van der Waals surface area contributed by atoms with Gasteiger partial charge in [-0.15, -0.1) is 0 Å². The number of benzene rings is 1. The molecule has 4 nitrogen and oxygen atoms in total. The van der Waals surface area contributed by atoms with Crippen molar-refractivity contribution < 1.29 is 9.90 Å². The van der Waals surface area contributed by atoms with Gasteiger partial charge in [0.05, 0.1) is 4.47 Å². The number of halogens is 1. The van der Waals surface area contributed by atoms with E-state index in [2.05, 4.69) is 20.8 Å². The summed E-state index contributed by atoms with van der Waals surface area (Å²) in [7, 11) is 0. The summed E-state index contributed by atoms with van der Waals surface area (Å²) >= 11 is 3.34. The van der Waals surface area contributed by atoms with Gasteiger partial charge in [-0.2, -0.15) is 0 Å². The zero-order valence-corrected chi connectivity index (χ0v) is 12.3. The second-order valence-corrected chi connectivity index (χ2v) is 6.15. The van der Waals surface area contributed by atoms with Crippen LogP contribution in [0.2, 0.25) is 0 Å². The first-order chi connectivity index (χ1) is 9.13. The van der Waals surface area contributed by atoms with Gasteiger partial charge < -0.3 is 10.0 Å². The molecule has 2 fully saturated rings. The van der Waals surface area contributed by atoms with E-state index in [1.54, 1.807) is 6.07 Å². The van der Waals surface area contributed by atoms with Crippen LogP contribution in [0.3, 0.4) is 0 Å². The molecule has 2 aliphatic heterocycles. The van der Waals surface area contributed by atoms with E-state index in [1.807, 2.05) is 17.0 Å². The standard InChI is InChI=1S/C14H17BrN2O2/c15-12-7-10(1-3-13(12)18)8-16-5-6-17-11(9-16)2-4-14(17)19/h1,3,7,11,18H,2,4-6,8-9H2. The van der Waals surface area contributed by atoms with E-state index in [1.165, 1.54) is 5.56 Å². The Bertz CT molecular complexity index is 506. The highest BCUT2D eigenvalue weighted by Gasteiger charge is 2.35. The Hall–Kier alpha value is -1.07. The van der Waals surface area contributed by atoms with Crippen LogP contribution in [0.15, 0.2) is 22.7 Å². The third-order valence-corrected chi connectivity index (χ3v) is 4.63. The molecule has 5 heteroatoms. The van der Waals surface area contributed by atoms with Crippen LogP contribution in [-0.4, -0.2) is 46.5 Å². The van der Waals surface area contributed by atoms with Crippen molar-refractivity contribution in [2.45, 2.75) is 25.4 Å². The van der Waals surface area contributed by atoms with E-state index in [-0.39, 0.29) is 5.75 Å². The van der Waals surface area contributed by atoms with Crippen LogP contribution in [0.25, 0.3) is 0 Å². The maximum atomic E-state index is 11.6. The van der Waals surface area contributed by atoms with E-state index in [9.17, 15) is 9.90 Å². The van der Waals surface area contributed by atoms with Crippen LogP contribution in [0.4, 0.5) is 0 Å². The van der Waals surface area contributed by atoms with Crippen molar-refractivity contribution >= 4 is 21.8 Å². The number of hydrogen-bond donors (Lipinski definition) is 1. The number of phenols is 1. The van der Waals surface area contributed by atoms with Crippen LogP contribution in [0, 0.1) is 0 Å². The molecule has 2 heterocycles. The summed E-state index contributed by atoms with van der Waals surface area (Å²) in [5, 5.41) is 9.50. The van der Waals surface area contributed by atoms with Gasteiger partial charge in [0.2, 0.25) is 5.91 Å². The Morgan fingerprint density at radius 2 is 2.21 bits per heavy atom. The summed E-state index contributed by atoms with van der Waals surface area (Å²) in [4.78, 5) is 16.0. The highest BCUT2D eigenvalue weighted by Crippen LogP contribution is 2.27. The normalized spacial score (nSPS) is 23.7. The lowest BCUT2D eigenvalue weighted by atomic mass is 10.1. The van der Waals surface area contributed by atoms with Crippen molar-refractivity contribution in [1.82, 2.24) is 9.80 Å². The number of hydrogen-bond acceptors (Lipinski definition) is 3. The molecule has 1 amide bonds. The first-order valence-electron chi connectivity index (χ1n) is 6.63. The molecular weight excluding hydrogens is 308 g/mol. The lowest BCUT2D eigenvalue weighted by Gasteiger charge is -2.37. The molecule has 0 spiro atoms. The van der Waals surface area contributed by atoms with E-state index >= 15 is 0 Å². The van der Waals surface area contributed by atoms with E-state index in [0.29, 0.717) is 18.4 Å². The van der Waals surface area contributed by atoms with Gasteiger partial charge in [0.15, 0.2) is 0 Å². The minimum atomic E-state index is 0.273. The number of fused-ring (bicyclic) bond motifs is 1. The first-order valence-corrected chi connectivity index (χ1v) is 7.42. The molecular formula is C14H17BrN2O2. The molecule has 0 aliphatic carbocycles. The largest absolute Gasteiger partial charge is 0.507 e. The molecule has 1 atom stereocenters. The van der Waals surface area contributed by atoms with Crippen molar-refractivity contribution in [2.24, 2.45) is 0 Å². The fourth-order valence-corrected chi connectivity index (χ4v) is 3.41. The van der Waals surface area contributed by atoms with Crippen LogP contribution in [0.1, 0.15) is 18.4 Å². The number of phenolic OH excluding ortho intramolecular Hbond substituents is 1. The number of rotatable bonds is 2. The lowest BCUT2D eigenvalue weighted by molar-refractivity contribution is -0.130. The number of carbonyl (C=O) groups excluding carboxylic acids is 1. The Balaban J connectivity index is 1.65. The molecule has 1 aromatic carbocycles. The maximum absolute atomic E-state index is 11.6. The van der Waals surface area contributed by atoms with Crippen molar-refractivity contribution in [3.05, 3.63) is 28.2 Å². The van der Waals surface area contributed by atoms with Gasteiger partial charge in [-0.3, -0.25) is 9.69 Å². The van der Waals surface area contributed by atoms with Crippen LogP contribution < -0.4 is 0 Å². The predicted octanol–water partition coefficient (Wildman–Crippen LogP) is 1.96. The Morgan fingerprint density at radius 1 is 1.37 bits per heavy atom. The molecule has 1 unspecified atom stereocenters. The smallest absolute Gasteiger partial charge is 0.222 e. The zero-order chi connectivity index (χ0) is 13.4. The Kier molecular flexibility index (Phi) is 3.50. The third kappa shape index (κ3) is 2.62. The third-order valence-electron chi connectivity index (χ3n) is 4.00. The summed E-state index contributed by atoms with van der Waals surface area (Å²) in [5.41, 5.74) is 1.18. The van der Waals surface area contributed by atoms with E-state index < -0.39 is 0 Å². The van der Waals surface area contributed by atoms with E-state index in [0.717, 1.165) is 37.1 Å². The lowest BCUT2D eigenvalue weighted by Crippen LogP contribution is -2.50. The summed E-state index contributed by atoms with van der Waals surface area (Å²) in [6, 6.07) is 6.03. The number of amides is 1. The van der Waals surface area contributed by atoms with Crippen LogP contribution >= 0.6 is 15.9 Å². The molecule has 19 heavy (non-hydrogen) atoms. The summed E-state index contributed by atoms with van der Waals surface area (Å²) in [6.07, 6.45) is 1.71. The van der Waals surface area contributed by atoms with Gasteiger partial charge in [0, 0.05) is 38.6 Å². The average molecular weight is 325 g/mol. The molecule has 0 radical (unpaired) electrons. The highest BCUT2D eigenvalue weighted by atomic mass is 79.9. The molecule has 0 aromatic heterocycles. The fourth-order valence-electron chi connectivity index (χ4n) is 2.98. The van der Waals surface area contributed by atoms with Gasteiger partial charge in [-0.25, -0.2) is 0 Å². The minimum absolute atomic E-state index is 0.273. The first kappa shape index (κ1) is 12.9. The van der Waals surface area contributed by atoms with Gasteiger partial charge in [0.1, 0.15) is 5.75 Å². The van der Waals surface area contributed by atoms with Crippen LogP contribution in [0.5, 0.6) is 5.75 Å². The quantitative estimate of drug-likeness (QED) is 0.904. The molecule has 1 N–H and O–H groups in total. The molecule has 102 valence electrons. The molecule has 1 aromatic rings. The number of carbonyl (C=O) groups is 1. The van der Waals surface area contributed by atoms with Gasteiger partial charge in [-0.1, -0.05) is 6.07 Å². The summed E-state index contributed by atoms with van der Waals surface area (Å²) in [5.74, 6) is 0.590. The number of aromatic hydroxyl groups is 1. The average Bonchev–Trinajstić information content (AvgIpc) is 2.75. The topological polar surface area (TPSA) is 43.8 Å². The predicted molar refractivity (Wildman–Crippen MR) is 75.8 cm³/mol. The van der Waals surface area contributed by atoms with Gasteiger partial charge in [0.25, 0.3) is 0 Å². The van der Waals surface area contributed by atoms with Gasteiger partial charge in [-0.05, 0) is 40.0 Å². The zero-order valence-electron chi connectivity index (χ0n) is 10.7. The minimum Gasteiger partial charge on any atom is -0.507 e. The van der Waals surface area contributed by atoms with Crippen molar-refractivity contribution in [2.75, 3.05) is 19.6 Å². The summed E-state index contributed by atoms with van der Waals surface area (Å²) < 4.78 is 0.736. The van der Waals surface area contributed by atoms with Crippen LogP contribution in [-0.2, 0) is 11.3 Å². The molecule has 0 saturated carbocycles. The van der Waals surface area contributed by atoms with Crippen molar-refractivity contribution in [3.63, 3.8) is 0 Å². The second kappa shape index (κ2) is 5.13. The summed E-state index contributed by atoms with van der Waals surface area (Å²) in [6.45, 7) is 3.62. The molecule has 3 rings (SSSR count). The Labute approximate surface area is 121 Å². The maximum Gasteiger partial charge on any atom is 0.222 e. The molecule has 2 aliphatic rings. The molecule has 0 bridgehead atoms. The van der Waals surface area contributed by atoms with Crippen molar-refractivity contribution in [1.29, 1.82) is 0 Å². The van der Waals surface area contributed by atoms with E-state index in [4.69, 9.17) is 0 Å². The van der Waals surface area contributed by atoms with Crippen molar-refractivity contribution in [3.8, 4) is 5.75 Å².